The van der Waals surface area contributed by atoms with E-state index in [1.807, 2.05) is 0 Å². The maximum atomic E-state index is 12.0. The molecule has 4 nitrogen and oxygen atoms in total. The maximum Gasteiger partial charge on any atom is 0.307 e. The molecular weight excluding hydrogens is 218 g/mol. The molecule has 2 atom stereocenters. The van der Waals surface area contributed by atoms with Gasteiger partial charge in [0.15, 0.2) is 0 Å². The molecule has 0 unspecified atom stereocenters. The lowest BCUT2D eigenvalue weighted by atomic mass is 9.77. The summed E-state index contributed by atoms with van der Waals surface area (Å²) >= 11 is 0. The summed E-state index contributed by atoms with van der Waals surface area (Å²) in [6, 6.07) is 0.286. The predicted molar refractivity (Wildman–Crippen MR) is 63.4 cm³/mol. The summed E-state index contributed by atoms with van der Waals surface area (Å²) in [5, 5.41) is 12.1. The zero-order valence-electron chi connectivity index (χ0n) is 10.3. The number of amides is 1. The van der Waals surface area contributed by atoms with Gasteiger partial charge >= 0.3 is 5.97 Å². The molecule has 2 aliphatic carbocycles. The second-order valence-corrected chi connectivity index (χ2v) is 5.62. The normalized spacial score (nSPS) is 37.0. The SMILES string of the molecule is CC1CC(NC(=O)[C@@H]2CCCC[C@@H]2C(=O)O)C1. The molecule has 1 amide bonds. The Balaban J connectivity index is 1.89. The fourth-order valence-electron chi connectivity index (χ4n) is 3.07. The van der Waals surface area contributed by atoms with E-state index in [1.54, 1.807) is 0 Å². The van der Waals surface area contributed by atoms with Crippen LogP contribution < -0.4 is 5.32 Å². The van der Waals surface area contributed by atoms with Crippen molar-refractivity contribution < 1.29 is 14.7 Å². The van der Waals surface area contributed by atoms with Gasteiger partial charge in [0.2, 0.25) is 5.91 Å². The number of rotatable bonds is 3. The Kier molecular flexibility index (Phi) is 3.69. The highest BCUT2D eigenvalue weighted by Crippen LogP contribution is 2.32. The van der Waals surface area contributed by atoms with Gasteiger partial charge in [0.25, 0.3) is 0 Å². The molecule has 0 aromatic carbocycles. The van der Waals surface area contributed by atoms with Crippen molar-refractivity contribution in [3.63, 3.8) is 0 Å². The fourth-order valence-corrected chi connectivity index (χ4v) is 3.07. The lowest BCUT2D eigenvalue weighted by molar-refractivity contribution is -0.149. The van der Waals surface area contributed by atoms with Gasteiger partial charge in [0.05, 0.1) is 11.8 Å². The average molecular weight is 239 g/mol. The first-order chi connectivity index (χ1) is 8.08. The van der Waals surface area contributed by atoms with Crippen LogP contribution >= 0.6 is 0 Å². The third-order valence-electron chi connectivity index (χ3n) is 4.14. The Bertz CT molecular complexity index is 310. The van der Waals surface area contributed by atoms with Crippen molar-refractivity contribution in [3.05, 3.63) is 0 Å². The second-order valence-electron chi connectivity index (χ2n) is 5.62. The molecule has 2 rings (SSSR count). The van der Waals surface area contributed by atoms with Crippen LogP contribution in [0.3, 0.4) is 0 Å². The number of hydrogen-bond acceptors (Lipinski definition) is 2. The van der Waals surface area contributed by atoms with E-state index in [-0.39, 0.29) is 17.9 Å². The summed E-state index contributed by atoms with van der Waals surface area (Å²) in [5.74, 6) is -0.929. The quantitative estimate of drug-likeness (QED) is 0.789. The number of nitrogens with one attached hydrogen (secondary N) is 1. The molecule has 96 valence electrons. The summed E-state index contributed by atoms with van der Waals surface area (Å²) in [7, 11) is 0. The third kappa shape index (κ3) is 2.79. The first kappa shape index (κ1) is 12.4. The molecule has 17 heavy (non-hydrogen) atoms. The van der Waals surface area contributed by atoms with Gasteiger partial charge in [-0.2, -0.15) is 0 Å². The van der Waals surface area contributed by atoms with Crippen LogP contribution in [0.5, 0.6) is 0 Å². The van der Waals surface area contributed by atoms with Crippen molar-refractivity contribution in [1.29, 1.82) is 0 Å². The van der Waals surface area contributed by atoms with Crippen LogP contribution in [0, 0.1) is 17.8 Å². The molecule has 0 bridgehead atoms. The van der Waals surface area contributed by atoms with Crippen LogP contribution in [0.2, 0.25) is 0 Å². The molecule has 0 aromatic heterocycles. The van der Waals surface area contributed by atoms with Gasteiger partial charge in [0, 0.05) is 6.04 Å². The fraction of sp³-hybridized carbons (Fsp3) is 0.846. The minimum Gasteiger partial charge on any atom is -0.481 e. The number of carboxylic acid groups (broad SMARTS) is 1. The van der Waals surface area contributed by atoms with Crippen molar-refractivity contribution in [2.75, 3.05) is 0 Å². The van der Waals surface area contributed by atoms with Gasteiger partial charge < -0.3 is 10.4 Å². The molecule has 0 spiro atoms. The van der Waals surface area contributed by atoms with Gasteiger partial charge in [-0.1, -0.05) is 19.8 Å². The van der Waals surface area contributed by atoms with Gasteiger partial charge in [-0.15, -0.1) is 0 Å². The summed E-state index contributed by atoms with van der Waals surface area (Å²) in [4.78, 5) is 23.2. The Morgan fingerprint density at radius 3 is 2.24 bits per heavy atom. The maximum absolute atomic E-state index is 12.0. The van der Waals surface area contributed by atoms with E-state index in [2.05, 4.69) is 12.2 Å². The van der Waals surface area contributed by atoms with Crippen LogP contribution in [0.25, 0.3) is 0 Å². The van der Waals surface area contributed by atoms with Crippen LogP contribution in [-0.4, -0.2) is 23.0 Å². The van der Waals surface area contributed by atoms with Crippen LogP contribution in [0.15, 0.2) is 0 Å². The van der Waals surface area contributed by atoms with Gasteiger partial charge in [-0.05, 0) is 31.6 Å². The number of carbonyl (C=O) groups is 2. The van der Waals surface area contributed by atoms with Crippen LogP contribution in [-0.2, 0) is 9.59 Å². The molecule has 0 radical (unpaired) electrons. The summed E-state index contributed by atoms with van der Waals surface area (Å²) < 4.78 is 0. The molecule has 0 heterocycles. The van der Waals surface area contributed by atoms with E-state index in [0.717, 1.165) is 32.1 Å². The highest BCUT2D eigenvalue weighted by molar-refractivity contribution is 5.85. The van der Waals surface area contributed by atoms with Crippen molar-refractivity contribution in [1.82, 2.24) is 5.32 Å². The highest BCUT2D eigenvalue weighted by atomic mass is 16.4. The Morgan fingerprint density at radius 2 is 1.71 bits per heavy atom. The largest absolute Gasteiger partial charge is 0.481 e. The lowest BCUT2D eigenvalue weighted by Crippen LogP contribution is -2.48. The van der Waals surface area contributed by atoms with E-state index < -0.39 is 11.9 Å². The molecule has 0 saturated heterocycles. The van der Waals surface area contributed by atoms with Gasteiger partial charge in [-0.3, -0.25) is 9.59 Å². The number of hydrogen-bond donors (Lipinski definition) is 2. The van der Waals surface area contributed by atoms with Crippen molar-refractivity contribution >= 4 is 11.9 Å². The Hall–Kier alpha value is -1.06. The summed E-state index contributed by atoms with van der Waals surface area (Å²) in [6.07, 6.45) is 5.36. The minimum atomic E-state index is -0.813. The Labute approximate surface area is 102 Å². The average Bonchev–Trinajstić information content (AvgIpc) is 2.27. The minimum absolute atomic E-state index is 0.0333. The number of carbonyl (C=O) groups excluding carboxylic acids is 1. The number of aliphatic carboxylic acids is 1. The topological polar surface area (TPSA) is 66.4 Å². The third-order valence-corrected chi connectivity index (χ3v) is 4.14. The molecular formula is C13H21NO3. The van der Waals surface area contributed by atoms with Gasteiger partial charge in [0.1, 0.15) is 0 Å². The second kappa shape index (κ2) is 5.07. The molecule has 2 saturated carbocycles. The zero-order chi connectivity index (χ0) is 12.4. The van der Waals surface area contributed by atoms with E-state index in [4.69, 9.17) is 5.11 Å². The standard InChI is InChI=1S/C13H21NO3/c1-8-6-9(7-8)14-12(15)10-4-2-3-5-11(10)13(16)17/h8-11H,2-7H2,1H3,(H,14,15)(H,16,17)/t8?,9?,10-,11+/m1/s1. The van der Waals surface area contributed by atoms with E-state index in [1.165, 1.54) is 0 Å². The van der Waals surface area contributed by atoms with Crippen molar-refractivity contribution in [2.45, 2.75) is 51.5 Å². The van der Waals surface area contributed by atoms with E-state index in [0.29, 0.717) is 12.3 Å². The molecule has 2 N–H and O–H groups in total. The molecule has 2 fully saturated rings. The van der Waals surface area contributed by atoms with Crippen molar-refractivity contribution in [2.24, 2.45) is 17.8 Å². The zero-order valence-corrected chi connectivity index (χ0v) is 10.3. The summed E-state index contributed by atoms with van der Waals surface area (Å²) in [6.45, 7) is 2.17. The van der Waals surface area contributed by atoms with Crippen LogP contribution in [0.1, 0.15) is 45.4 Å². The first-order valence-electron chi connectivity index (χ1n) is 6.61. The Morgan fingerprint density at radius 1 is 1.12 bits per heavy atom. The molecule has 0 aromatic rings. The molecule has 2 aliphatic rings. The smallest absolute Gasteiger partial charge is 0.307 e. The van der Waals surface area contributed by atoms with Gasteiger partial charge in [-0.25, -0.2) is 0 Å². The molecule has 0 aliphatic heterocycles. The first-order valence-corrected chi connectivity index (χ1v) is 6.61. The molecule has 4 heteroatoms. The van der Waals surface area contributed by atoms with E-state index >= 15 is 0 Å². The van der Waals surface area contributed by atoms with E-state index in [9.17, 15) is 9.59 Å². The number of carboxylic acids is 1. The monoisotopic (exact) mass is 239 g/mol. The highest BCUT2D eigenvalue weighted by Gasteiger charge is 2.37. The van der Waals surface area contributed by atoms with Crippen LogP contribution in [0.4, 0.5) is 0 Å². The van der Waals surface area contributed by atoms with Crippen molar-refractivity contribution in [3.8, 4) is 0 Å². The summed E-state index contributed by atoms with van der Waals surface area (Å²) in [5.41, 5.74) is 0. The predicted octanol–water partition coefficient (Wildman–Crippen LogP) is 1.79. The lowest BCUT2D eigenvalue weighted by Gasteiger charge is -2.36.